The Morgan fingerprint density at radius 1 is 1.14 bits per heavy atom. The van der Waals surface area contributed by atoms with Crippen molar-refractivity contribution in [3.05, 3.63) is 58.6 Å². The normalized spacial score (nSPS) is 12.6. The van der Waals surface area contributed by atoms with Crippen LogP contribution in [0.4, 0.5) is 5.69 Å². The number of ether oxygens (including phenoxy) is 1. The molecule has 2 amide bonds. The third kappa shape index (κ3) is 7.86. The fraction of sp³-hybridized carbons (Fsp3) is 0.462. The van der Waals surface area contributed by atoms with E-state index in [0.29, 0.717) is 28.4 Å². The molecule has 2 aromatic rings. The Kier molecular flexibility index (Phi) is 9.79. The predicted octanol–water partition coefficient (Wildman–Crippen LogP) is 4.15. The van der Waals surface area contributed by atoms with Gasteiger partial charge in [0.25, 0.3) is 0 Å². The summed E-state index contributed by atoms with van der Waals surface area (Å²) in [7, 11) is -2.30. The Bertz CT molecular complexity index is 1190. The van der Waals surface area contributed by atoms with Gasteiger partial charge in [0, 0.05) is 17.1 Å². The maximum absolute atomic E-state index is 13.8. The Morgan fingerprint density at radius 3 is 2.33 bits per heavy atom. The molecule has 198 valence electrons. The molecule has 8 nitrogen and oxygen atoms in total. The van der Waals surface area contributed by atoms with Crippen molar-refractivity contribution in [1.82, 2.24) is 10.2 Å². The molecule has 1 atom stereocenters. The molecule has 2 rings (SSSR count). The van der Waals surface area contributed by atoms with Crippen LogP contribution in [-0.2, 0) is 26.2 Å². The van der Waals surface area contributed by atoms with Crippen molar-refractivity contribution in [3.8, 4) is 5.75 Å². The highest BCUT2D eigenvalue weighted by Gasteiger charge is 2.33. The molecular formula is C26H36ClN3O5S. The van der Waals surface area contributed by atoms with E-state index in [1.165, 1.54) is 4.90 Å². The lowest BCUT2D eigenvalue weighted by atomic mass is 10.1. The highest BCUT2D eigenvalue weighted by atomic mass is 35.5. The van der Waals surface area contributed by atoms with Crippen LogP contribution in [-0.4, -0.2) is 56.6 Å². The Balaban J connectivity index is 2.52. The van der Waals surface area contributed by atoms with Crippen molar-refractivity contribution in [2.75, 3.05) is 24.2 Å². The number of nitrogens with one attached hydrogen (secondary N) is 1. The van der Waals surface area contributed by atoms with Crippen molar-refractivity contribution >= 4 is 39.1 Å². The number of anilines is 1. The summed E-state index contributed by atoms with van der Waals surface area (Å²) in [6, 6.07) is 11.3. The molecular weight excluding hydrogens is 502 g/mol. The summed E-state index contributed by atoms with van der Waals surface area (Å²) in [5.41, 5.74) is 1.09. The van der Waals surface area contributed by atoms with Crippen LogP contribution in [0.25, 0.3) is 0 Å². The van der Waals surface area contributed by atoms with E-state index in [1.807, 2.05) is 33.8 Å². The third-order valence-electron chi connectivity index (χ3n) is 5.56. The molecule has 0 heterocycles. The van der Waals surface area contributed by atoms with Crippen molar-refractivity contribution < 1.29 is 22.7 Å². The number of amides is 2. The van der Waals surface area contributed by atoms with Gasteiger partial charge in [0.1, 0.15) is 18.3 Å². The van der Waals surface area contributed by atoms with Crippen molar-refractivity contribution in [2.45, 2.75) is 59.2 Å². The summed E-state index contributed by atoms with van der Waals surface area (Å²) in [6.07, 6.45) is 1.38. The first-order chi connectivity index (χ1) is 16.7. The molecule has 0 saturated heterocycles. The van der Waals surface area contributed by atoms with Crippen LogP contribution >= 0.6 is 11.6 Å². The van der Waals surface area contributed by atoms with Crippen LogP contribution in [0.2, 0.25) is 5.02 Å². The number of benzene rings is 2. The second-order valence-corrected chi connectivity index (χ2v) is 12.0. The van der Waals surface area contributed by atoms with Gasteiger partial charge in [0.05, 0.1) is 19.1 Å². The van der Waals surface area contributed by atoms with Crippen LogP contribution in [0.1, 0.15) is 45.2 Å². The van der Waals surface area contributed by atoms with Gasteiger partial charge in [0.2, 0.25) is 21.8 Å². The fourth-order valence-electron chi connectivity index (χ4n) is 3.80. The number of hydrogen-bond donors (Lipinski definition) is 1. The summed E-state index contributed by atoms with van der Waals surface area (Å²) in [6.45, 7) is 8.70. The monoisotopic (exact) mass is 537 g/mol. The lowest BCUT2D eigenvalue weighted by molar-refractivity contribution is -0.141. The lowest BCUT2D eigenvalue weighted by Crippen LogP contribution is -2.55. The van der Waals surface area contributed by atoms with E-state index in [9.17, 15) is 18.0 Å². The summed E-state index contributed by atoms with van der Waals surface area (Å²) in [5.74, 6) is -0.218. The molecule has 0 radical (unpaired) electrons. The maximum atomic E-state index is 13.8. The minimum Gasteiger partial charge on any atom is -0.497 e. The number of carbonyl (C=O) groups is 2. The largest absolute Gasteiger partial charge is 0.497 e. The molecule has 0 spiro atoms. The molecule has 0 aromatic heterocycles. The minimum atomic E-state index is -3.84. The first-order valence-corrected chi connectivity index (χ1v) is 13.9. The molecule has 0 fully saturated rings. The molecule has 0 aliphatic rings. The standard InChI is InChI=1S/C26H36ClN3O5S/c1-8-22(25(32)28-26(3,4)5)29(16-19-11-9-12-20(15-19)35-6)24(31)17-30(36(7,33)34)23-14-10-13-21(27)18(23)2/h9-15,22H,8,16-17H2,1-7H3,(H,28,32)/t22-/m0/s1. The number of halogens is 1. The van der Waals surface area contributed by atoms with Crippen molar-refractivity contribution in [1.29, 1.82) is 0 Å². The first kappa shape index (κ1) is 29.5. The van der Waals surface area contributed by atoms with Crippen LogP contribution in [0.15, 0.2) is 42.5 Å². The zero-order chi connectivity index (χ0) is 27.3. The second kappa shape index (κ2) is 12.0. The lowest BCUT2D eigenvalue weighted by Gasteiger charge is -2.34. The third-order valence-corrected chi connectivity index (χ3v) is 7.09. The number of nitrogens with zero attached hydrogens (tertiary/aromatic N) is 2. The van der Waals surface area contributed by atoms with E-state index >= 15 is 0 Å². The fourth-order valence-corrected chi connectivity index (χ4v) is 4.87. The smallest absolute Gasteiger partial charge is 0.244 e. The van der Waals surface area contributed by atoms with Gasteiger partial charge in [-0.25, -0.2) is 8.42 Å². The molecule has 0 bridgehead atoms. The highest BCUT2D eigenvalue weighted by Crippen LogP contribution is 2.28. The first-order valence-electron chi connectivity index (χ1n) is 11.6. The van der Waals surface area contributed by atoms with E-state index in [0.717, 1.165) is 16.1 Å². The van der Waals surface area contributed by atoms with Gasteiger partial charge in [-0.3, -0.25) is 13.9 Å². The zero-order valence-electron chi connectivity index (χ0n) is 22.0. The quantitative estimate of drug-likeness (QED) is 0.491. The Morgan fingerprint density at radius 2 is 1.78 bits per heavy atom. The molecule has 0 aliphatic heterocycles. The van der Waals surface area contributed by atoms with E-state index in [4.69, 9.17) is 16.3 Å². The maximum Gasteiger partial charge on any atom is 0.244 e. The van der Waals surface area contributed by atoms with Crippen molar-refractivity contribution in [2.24, 2.45) is 0 Å². The molecule has 1 N–H and O–H groups in total. The van der Waals surface area contributed by atoms with Gasteiger partial charge >= 0.3 is 0 Å². The Hall–Kier alpha value is -2.78. The topological polar surface area (TPSA) is 96.0 Å². The molecule has 0 aliphatic carbocycles. The summed E-state index contributed by atoms with van der Waals surface area (Å²) < 4.78 is 31.9. The van der Waals surface area contributed by atoms with E-state index < -0.39 is 34.1 Å². The number of sulfonamides is 1. The molecule has 0 saturated carbocycles. The van der Waals surface area contributed by atoms with E-state index in [2.05, 4.69) is 5.32 Å². The average molecular weight is 538 g/mol. The predicted molar refractivity (Wildman–Crippen MR) is 144 cm³/mol. The minimum absolute atomic E-state index is 0.0955. The SMILES string of the molecule is CC[C@@H](C(=O)NC(C)(C)C)N(Cc1cccc(OC)c1)C(=O)CN(c1cccc(Cl)c1C)S(C)(=O)=O. The summed E-state index contributed by atoms with van der Waals surface area (Å²) in [5, 5.41) is 3.33. The Labute approximate surface area is 219 Å². The molecule has 0 unspecified atom stereocenters. The number of rotatable bonds is 10. The van der Waals surface area contributed by atoms with Gasteiger partial charge in [-0.05, 0) is 69.5 Å². The highest BCUT2D eigenvalue weighted by molar-refractivity contribution is 7.92. The number of carbonyl (C=O) groups excluding carboxylic acids is 2. The van der Waals surface area contributed by atoms with Crippen LogP contribution in [0.3, 0.4) is 0 Å². The zero-order valence-corrected chi connectivity index (χ0v) is 23.5. The second-order valence-electron chi connectivity index (χ2n) is 9.69. The van der Waals surface area contributed by atoms with Gasteiger partial charge < -0.3 is 15.0 Å². The van der Waals surface area contributed by atoms with Gasteiger partial charge in [0.15, 0.2) is 0 Å². The van der Waals surface area contributed by atoms with Crippen LogP contribution in [0.5, 0.6) is 5.75 Å². The van der Waals surface area contributed by atoms with Crippen LogP contribution in [0, 0.1) is 6.92 Å². The number of hydrogen-bond acceptors (Lipinski definition) is 5. The summed E-state index contributed by atoms with van der Waals surface area (Å²) in [4.78, 5) is 28.4. The molecule has 10 heteroatoms. The average Bonchev–Trinajstić information content (AvgIpc) is 2.77. The van der Waals surface area contributed by atoms with Gasteiger partial charge in [-0.1, -0.05) is 36.7 Å². The van der Waals surface area contributed by atoms with Gasteiger partial charge in [-0.2, -0.15) is 0 Å². The van der Waals surface area contributed by atoms with Crippen LogP contribution < -0.4 is 14.4 Å². The van der Waals surface area contributed by atoms with Gasteiger partial charge in [-0.15, -0.1) is 0 Å². The van der Waals surface area contributed by atoms with E-state index in [1.54, 1.807) is 50.4 Å². The molecule has 36 heavy (non-hydrogen) atoms. The number of methoxy groups -OCH3 is 1. The van der Waals surface area contributed by atoms with Crippen molar-refractivity contribution in [3.63, 3.8) is 0 Å². The summed E-state index contributed by atoms with van der Waals surface area (Å²) >= 11 is 6.24. The molecule has 2 aromatic carbocycles. The van der Waals surface area contributed by atoms with E-state index in [-0.39, 0.29) is 12.5 Å².